The molecule has 5 unspecified atom stereocenters. The molecule has 0 bridgehead atoms. The summed E-state index contributed by atoms with van der Waals surface area (Å²) in [5.41, 5.74) is 2.87. The first-order valence-corrected chi connectivity index (χ1v) is 6.90. The van der Waals surface area contributed by atoms with E-state index in [9.17, 15) is 5.11 Å². The van der Waals surface area contributed by atoms with Crippen molar-refractivity contribution in [2.75, 3.05) is 6.61 Å². The number of allylic oxidation sites excluding steroid dienone is 1. The number of hydrogen-bond donors (Lipinski definition) is 1. The van der Waals surface area contributed by atoms with Gasteiger partial charge in [0.15, 0.2) is 0 Å². The molecule has 1 N–H and O–H groups in total. The SMILES string of the molecule is CC12CC1C1CCCC=C1C1(CO)CC12C. The topological polar surface area (TPSA) is 20.2 Å². The summed E-state index contributed by atoms with van der Waals surface area (Å²) in [5, 5.41) is 9.91. The lowest BCUT2D eigenvalue weighted by Gasteiger charge is -2.41. The molecule has 0 aromatic rings. The Bertz CT molecular complexity index is 398. The van der Waals surface area contributed by atoms with Crippen molar-refractivity contribution in [2.24, 2.45) is 28.1 Å². The predicted octanol–water partition coefficient (Wildman–Crippen LogP) is 3.14. The van der Waals surface area contributed by atoms with Gasteiger partial charge in [-0.05, 0) is 54.8 Å². The van der Waals surface area contributed by atoms with Gasteiger partial charge in [-0.15, -0.1) is 0 Å². The van der Waals surface area contributed by atoms with Crippen LogP contribution in [-0.2, 0) is 0 Å². The molecule has 5 atom stereocenters. The van der Waals surface area contributed by atoms with Crippen molar-refractivity contribution in [3.63, 3.8) is 0 Å². The molecule has 88 valence electrons. The van der Waals surface area contributed by atoms with Crippen molar-refractivity contribution < 1.29 is 5.11 Å². The van der Waals surface area contributed by atoms with Gasteiger partial charge in [0.25, 0.3) is 0 Å². The van der Waals surface area contributed by atoms with Crippen LogP contribution in [0.4, 0.5) is 0 Å². The molecule has 0 spiro atoms. The second kappa shape index (κ2) is 2.43. The van der Waals surface area contributed by atoms with Gasteiger partial charge >= 0.3 is 0 Å². The van der Waals surface area contributed by atoms with Gasteiger partial charge in [0.2, 0.25) is 0 Å². The standard InChI is InChI=1S/C15H22O/c1-13-7-12(13)10-5-3-4-6-11(10)15(9-16)8-14(13,15)2/h6,10,12,16H,3-5,7-9H2,1-2H3. The summed E-state index contributed by atoms with van der Waals surface area (Å²) in [5.74, 6) is 1.78. The van der Waals surface area contributed by atoms with Crippen molar-refractivity contribution in [2.45, 2.75) is 46.0 Å². The van der Waals surface area contributed by atoms with E-state index >= 15 is 0 Å². The fourth-order valence-electron chi connectivity index (χ4n) is 5.54. The summed E-state index contributed by atoms with van der Waals surface area (Å²) in [6.45, 7) is 5.32. The molecule has 0 radical (unpaired) electrons. The van der Waals surface area contributed by atoms with Gasteiger partial charge in [-0.3, -0.25) is 0 Å². The van der Waals surface area contributed by atoms with E-state index in [1.165, 1.54) is 32.1 Å². The molecule has 0 aromatic heterocycles. The van der Waals surface area contributed by atoms with Crippen molar-refractivity contribution in [1.29, 1.82) is 0 Å². The summed E-state index contributed by atoms with van der Waals surface area (Å²) in [7, 11) is 0. The zero-order valence-electron chi connectivity index (χ0n) is 10.4. The quantitative estimate of drug-likeness (QED) is 0.670. The van der Waals surface area contributed by atoms with E-state index in [0.29, 0.717) is 17.4 Å². The zero-order valence-corrected chi connectivity index (χ0v) is 10.4. The molecule has 1 nitrogen and oxygen atoms in total. The molecule has 0 heterocycles. The number of aliphatic hydroxyl groups is 1. The van der Waals surface area contributed by atoms with E-state index in [0.717, 1.165) is 11.8 Å². The maximum Gasteiger partial charge on any atom is 0.0530 e. The second-order valence-electron chi connectivity index (χ2n) is 7.17. The van der Waals surface area contributed by atoms with E-state index in [-0.39, 0.29) is 5.41 Å². The molecule has 0 aromatic carbocycles. The first kappa shape index (κ1) is 9.70. The molecule has 1 heteroatoms. The lowest BCUT2D eigenvalue weighted by atomic mass is 9.63. The highest BCUT2D eigenvalue weighted by molar-refractivity contribution is 5.44. The van der Waals surface area contributed by atoms with E-state index in [2.05, 4.69) is 19.9 Å². The van der Waals surface area contributed by atoms with Gasteiger partial charge in [0.1, 0.15) is 0 Å². The normalized spacial score (nSPS) is 61.6. The summed E-state index contributed by atoms with van der Waals surface area (Å²) in [6.07, 6.45) is 9.20. The van der Waals surface area contributed by atoms with Crippen molar-refractivity contribution in [3.8, 4) is 0 Å². The molecule has 0 aliphatic heterocycles. The highest BCUT2D eigenvalue weighted by Crippen LogP contribution is 2.89. The number of fused-ring (bicyclic) bond motifs is 6. The van der Waals surface area contributed by atoms with Crippen LogP contribution in [0.2, 0.25) is 0 Å². The fourth-order valence-corrected chi connectivity index (χ4v) is 5.54. The van der Waals surface area contributed by atoms with Gasteiger partial charge in [0.05, 0.1) is 6.61 Å². The van der Waals surface area contributed by atoms with Gasteiger partial charge in [-0.2, -0.15) is 0 Å². The molecule has 4 aliphatic carbocycles. The Hall–Kier alpha value is -0.300. The summed E-state index contributed by atoms with van der Waals surface area (Å²) >= 11 is 0. The Morgan fingerprint density at radius 2 is 2.25 bits per heavy atom. The minimum absolute atomic E-state index is 0.208. The Morgan fingerprint density at radius 1 is 1.44 bits per heavy atom. The highest BCUT2D eigenvalue weighted by Gasteiger charge is 2.83. The number of hydrogen-bond acceptors (Lipinski definition) is 1. The van der Waals surface area contributed by atoms with E-state index in [1.807, 2.05) is 0 Å². The summed E-state index contributed by atoms with van der Waals surface area (Å²) < 4.78 is 0. The third-order valence-corrected chi connectivity index (χ3v) is 6.94. The highest BCUT2D eigenvalue weighted by atomic mass is 16.3. The zero-order chi connectivity index (χ0) is 11.2. The monoisotopic (exact) mass is 218 g/mol. The fraction of sp³-hybridized carbons (Fsp3) is 0.867. The van der Waals surface area contributed by atoms with Crippen LogP contribution < -0.4 is 0 Å². The molecule has 0 saturated heterocycles. The van der Waals surface area contributed by atoms with Gasteiger partial charge in [-0.25, -0.2) is 0 Å². The van der Waals surface area contributed by atoms with Crippen molar-refractivity contribution in [3.05, 3.63) is 11.6 Å². The lowest BCUT2D eigenvalue weighted by Crippen LogP contribution is -2.36. The third kappa shape index (κ3) is 0.739. The average molecular weight is 218 g/mol. The van der Waals surface area contributed by atoms with Crippen LogP contribution in [0.25, 0.3) is 0 Å². The van der Waals surface area contributed by atoms with Crippen LogP contribution in [-0.4, -0.2) is 11.7 Å². The Kier molecular flexibility index (Phi) is 1.47. The van der Waals surface area contributed by atoms with Crippen molar-refractivity contribution >= 4 is 0 Å². The molecule has 16 heavy (non-hydrogen) atoms. The van der Waals surface area contributed by atoms with Gasteiger partial charge in [0, 0.05) is 5.41 Å². The van der Waals surface area contributed by atoms with E-state index in [1.54, 1.807) is 5.57 Å². The second-order valence-corrected chi connectivity index (χ2v) is 7.17. The Morgan fingerprint density at radius 3 is 3.00 bits per heavy atom. The molecule has 3 fully saturated rings. The number of aliphatic hydroxyl groups excluding tert-OH is 1. The molecular weight excluding hydrogens is 196 g/mol. The molecular formula is C15H22O. The average Bonchev–Trinajstić information content (AvgIpc) is 3.14. The molecule has 4 rings (SSSR count). The first-order valence-electron chi connectivity index (χ1n) is 6.90. The number of rotatable bonds is 1. The summed E-state index contributed by atoms with van der Waals surface area (Å²) in [6, 6.07) is 0. The minimum atomic E-state index is 0.208. The third-order valence-electron chi connectivity index (χ3n) is 6.94. The maximum atomic E-state index is 9.91. The maximum absolute atomic E-state index is 9.91. The van der Waals surface area contributed by atoms with Crippen LogP contribution in [0.15, 0.2) is 11.6 Å². The largest absolute Gasteiger partial charge is 0.395 e. The van der Waals surface area contributed by atoms with Gasteiger partial charge < -0.3 is 5.11 Å². The van der Waals surface area contributed by atoms with Crippen molar-refractivity contribution in [1.82, 2.24) is 0 Å². The predicted molar refractivity (Wildman–Crippen MR) is 63.9 cm³/mol. The van der Waals surface area contributed by atoms with Crippen LogP contribution >= 0.6 is 0 Å². The lowest BCUT2D eigenvalue weighted by molar-refractivity contribution is 0.111. The minimum Gasteiger partial charge on any atom is -0.395 e. The van der Waals surface area contributed by atoms with Crippen LogP contribution in [0.5, 0.6) is 0 Å². The molecule has 4 aliphatic rings. The Labute approximate surface area is 97.9 Å². The molecule has 3 saturated carbocycles. The van der Waals surface area contributed by atoms with Crippen LogP contribution in [0, 0.1) is 28.1 Å². The summed E-state index contributed by atoms with van der Waals surface area (Å²) in [4.78, 5) is 0. The van der Waals surface area contributed by atoms with E-state index < -0.39 is 0 Å². The smallest absolute Gasteiger partial charge is 0.0530 e. The van der Waals surface area contributed by atoms with Crippen LogP contribution in [0.3, 0.4) is 0 Å². The Balaban J connectivity index is 1.86. The first-order chi connectivity index (χ1) is 7.59. The molecule has 0 amide bonds. The van der Waals surface area contributed by atoms with Crippen LogP contribution in [0.1, 0.15) is 46.0 Å². The van der Waals surface area contributed by atoms with Gasteiger partial charge in [-0.1, -0.05) is 25.5 Å². The van der Waals surface area contributed by atoms with E-state index in [4.69, 9.17) is 0 Å².